The summed E-state index contributed by atoms with van der Waals surface area (Å²) in [5.41, 5.74) is 5.46. The van der Waals surface area contributed by atoms with Crippen molar-refractivity contribution in [2.45, 2.75) is 40.3 Å². The van der Waals surface area contributed by atoms with Crippen LogP contribution in [0.15, 0.2) is 59.9 Å². The summed E-state index contributed by atoms with van der Waals surface area (Å²) >= 11 is 0. The fraction of sp³-hybridized carbons (Fsp3) is 0.250. The number of nitrogens with one attached hydrogen (secondary N) is 1. The number of aryl methyl sites for hydroxylation is 3. The lowest BCUT2D eigenvalue weighted by Gasteiger charge is -2.10. The van der Waals surface area contributed by atoms with E-state index in [2.05, 4.69) is 21.4 Å². The fourth-order valence-corrected chi connectivity index (χ4v) is 3.74. The molecular formula is C24H25N5O2. The number of amides is 1. The zero-order valence-electron chi connectivity index (χ0n) is 17.9. The van der Waals surface area contributed by atoms with Gasteiger partial charge in [-0.25, -0.2) is 4.98 Å². The van der Waals surface area contributed by atoms with Crippen molar-refractivity contribution < 1.29 is 4.79 Å². The van der Waals surface area contributed by atoms with Crippen LogP contribution in [0.2, 0.25) is 0 Å². The Morgan fingerprint density at radius 3 is 2.71 bits per heavy atom. The second kappa shape index (κ2) is 8.55. The van der Waals surface area contributed by atoms with Crippen LogP contribution in [0.5, 0.6) is 0 Å². The standard InChI is InChI=1S/C24H25N5O2/c1-16-6-4-8-20(12-16)29-18(3)17(2)22-23(29)27-15-28(24(22)31)11-9-21(30)26-14-19-7-5-10-25-13-19/h4-8,10,12-13,15H,9,11,14H2,1-3H3,(H,26,30). The predicted octanol–water partition coefficient (Wildman–Crippen LogP) is 3.21. The molecule has 1 amide bonds. The normalized spacial score (nSPS) is 11.1. The van der Waals surface area contributed by atoms with Crippen molar-refractivity contribution in [1.82, 2.24) is 24.4 Å². The highest BCUT2D eigenvalue weighted by Gasteiger charge is 2.18. The van der Waals surface area contributed by atoms with Crippen LogP contribution in [0.4, 0.5) is 0 Å². The van der Waals surface area contributed by atoms with Gasteiger partial charge in [0.15, 0.2) is 5.65 Å². The van der Waals surface area contributed by atoms with Crippen LogP contribution in [0, 0.1) is 20.8 Å². The summed E-state index contributed by atoms with van der Waals surface area (Å²) in [6, 6.07) is 11.9. The average Bonchev–Trinajstić information content (AvgIpc) is 3.03. The van der Waals surface area contributed by atoms with E-state index in [4.69, 9.17) is 0 Å². The SMILES string of the molecule is Cc1cccc(-n2c(C)c(C)c3c(=O)n(CCC(=O)NCc4cccnc4)cnc32)c1. The van der Waals surface area contributed by atoms with Crippen LogP contribution < -0.4 is 10.9 Å². The molecule has 4 aromatic rings. The molecule has 3 heterocycles. The Labute approximate surface area is 180 Å². The van der Waals surface area contributed by atoms with Gasteiger partial charge in [-0.2, -0.15) is 0 Å². The van der Waals surface area contributed by atoms with Gasteiger partial charge in [-0.1, -0.05) is 18.2 Å². The second-order valence-corrected chi connectivity index (χ2v) is 7.71. The molecule has 4 rings (SSSR count). The van der Waals surface area contributed by atoms with E-state index in [-0.39, 0.29) is 24.4 Å². The number of hydrogen-bond acceptors (Lipinski definition) is 4. The molecule has 0 aliphatic heterocycles. The monoisotopic (exact) mass is 415 g/mol. The predicted molar refractivity (Wildman–Crippen MR) is 120 cm³/mol. The molecule has 158 valence electrons. The Morgan fingerprint density at radius 2 is 1.97 bits per heavy atom. The number of nitrogens with zero attached hydrogens (tertiary/aromatic N) is 4. The van der Waals surface area contributed by atoms with Crippen LogP contribution in [-0.2, 0) is 17.9 Å². The van der Waals surface area contributed by atoms with Gasteiger partial charge in [0.1, 0.15) is 0 Å². The van der Waals surface area contributed by atoms with E-state index in [1.165, 1.54) is 10.9 Å². The lowest BCUT2D eigenvalue weighted by atomic mass is 10.2. The maximum atomic E-state index is 13.2. The molecule has 0 spiro atoms. The summed E-state index contributed by atoms with van der Waals surface area (Å²) in [5.74, 6) is -0.124. The van der Waals surface area contributed by atoms with Gasteiger partial charge >= 0.3 is 0 Å². The van der Waals surface area contributed by atoms with Gasteiger partial charge in [0.05, 0.1) is 11.7 Å². The first-order chi connectivity index (χ1) is 15.0. The zero-order chi connectivity index (χ0) is 22.0. The van der Waals surface area contributed by atoms with E-state index >= 15 is 0 Å². The molecule has 3 aromatic heterocycles. The first-order valence-electron chi connectivity index (χ1n) is 10.3. The van der Waals surface area contributed by atoms with Gasteiger partial charge in [0.25, 0.3) is 5.56 Å². The maximum Gasteiger partial charge on any atom is 0.263 e. The number of carbonyl (C=O) groups excluding carboxylic acids is 1. The summed E-state index contributed by atoms with van der Waals surface area (Å²) in [5, 5.41) is 3.45. The maximum absolute atomic E-state index is 13.2. The first kappa shape index (κ1) is 20.5. The third-order valence-corrected chi connectivity index (χ3v) is 5.53. The third kappa shape index (κ3) is 4.12. The molecule has 0 aliphatic rings. The van der Waals surface area contributed by atoms with E-state index in [1.807, 2.05) is 55.7 Å². The van der Waals surface area contributed by atoms with E-state index in [0.29, 0.717) is 17.6 Å². The summed E-state index contributed by atoms with van der Waals surface area (Å²) < 4.78 is 3.53. The van der Waals surface area contributed by atoms with E-state index < -0.39 is 0 Å². The van der Waals surface area contributed by atoms with Gasteiger partial charge in [0, 0.05) is 43.3 Å². The van der Waals surface area contributed by atoms with Crippen LogP contribution in [0.1, 0.15) is 28.8 Å². The van der Waals surface area contributed by atoms with E-state index in [1.54, 1.807) is 12.4 Å². The molecule has 0 aliphatic carbocycles. The summed E-state index contributed by atoms with van der Waals surface area (Å²) in [6.45, 7) is 6.66. The molecule has 0 unspecified atom stereocenters. The van der Waals surface area contributed by atoms with Gasteiger partial charge in [-0.15, -0.1) is 0 Å². The highest BCUT2D eigenvalue weighted by atomic mass is 16.1. The second-order valence-electron chi connectivity index (χ2n) is 7.71. The largest absolute Gasteiger partial charge is 0.352 e. The number of fused-ring (bicyclic) bond motifs is 1. The number of aromatic nitrogens is 4. The van der Waals surface area contributed by atoms with Gasteiger partial charge < -0.3 is 5.32 Å². The van der Waals surface area contributed by atoms with Crippen LogP contribution in [-0.4, -0.2) is 25.0 Å². The molecule has 1 N–H and O–H groups in total. The summed E-state index contributed by atoms with van der Waals surface area (Å²) in [4.78, 5) is 34.0. The Balaban J connectivity index is 1.56. The fourth-order valence-electron chi connectivity index (χ4n) is 3.74. The van der Waals surface area contributed by atoms with Crippen LogP contribution in [0.25, 0.3) is 16.7 Å². The molecule has 1 aromatic carbocycles. The third-order valence-electron chi connectivity index (χ3n) is 5.53. The quantitative estimate of drug-likeness (QED) is 0.524. The molecule has 0 bridgehead atoms. The molecule has 7 nitrogen and oxygen atoms in total. The molecule has 0 radical (unpaired) electrons. The molecule has 7 heteroatoms. The molecule has 0 saturated carbocycles. The molecule has 31 heavy (non-hydrogen) atoms. The van der Waals surface area contributed by atoms with Crippen molar-refractivity contribution in [2.75, 3.05) is 0 Å². The summed E-state index contributed by atoms with van der Waals surface area (Å²) in [6.07, 6.45) is 5.14. The Kier molecular flexibility index (Phi) is 5.66. The Hall–Kier alpha value is -3.74. The average molecular weight is 415 g/mol. The number of benzene rings is 1. The van der Waals surface area contributed by atoms with Crippen molar-refractivity contribution in [2.24, 2.45) is 0 Å². The number of pyridine rings is 1. The van der Waals surface area contributed by atoms with E-state index in [9.17, 15) is 9.59 Å². The minimum Gasteiger partial charge on any atom is -0.352 e. The molecule has 0 saturated heterocycles. The van der Waals surface area contributed by atoms with Crippen molar-refractivity contribution in [3.8, 4) is 5.69 Å². The highest BCUT2D eigenvalue weighted by Crippen LogP contribution is 2.25. The van der Waals surface area contributed by atoms with Crippen LogP contribution >= 0.6 is 0 Å². The topological polar surface area (TPSA) is 81.8 Å². The van der Waals surface area contributed by atoms with E-state index in [0.717, 1.165) is 28.1 Å². The molecular weight excluding hydrogens is 390 g/mol. The van der Waals surface area contributed by atoms with Crippen molar-refractivity contribution in [3.63, 3.8) is 0 Å². The number of carbonyl (C=O) groups is 1. The molecule has 0 atom stereocenters. The Morgan fingerprint density at radius 1 is 1.13 bits per heavy atom. The van der Waals surface area contributed by atoms with Crippen LogP contribution in [0.3, 0.4) is 0 Å². The smallest absolute Gasteiger partial charge is 0.263 e. The van der Waals surface area contributed by atoms with Gasteiger partial charge in [-0.05, 0) is 55.7 Å². The minimum absolute atomic E-state index is 0.124. The van der Waals surface area contributed by atoms with Gasteiger partial charge in [-0.3, -0.25) is 23.7 Å². The number of rotatable bonds is 6. The lowest BCUT2D eigenvalue weighted by molar-refractivity contribution is -0.121. The zero-order valence-corrected chi connectivity index (χ0v) is 17.9. The van der Waals surface area contributed by atoms with Crippen molar-refractivity contribution in [3.05, 3.63) is 87.9 Å². The van der Waals surface area contributed by atoms with Crippen molar-refractivity contribution in [1.29, 1.82) is 0 Å². The minimum atomic E-state index is -0.128. The van der Waals surface area contributed by atoms with Crippen molar-refractivity contribution >= 4 is 16.9 Å². The van der Waals surface area contributed by atoms with Gasteiger partial charge in [0.2, 0.25) is 5.91 Å². The molecule has 0 fully saturated rings. The highest BCUT2D eigenvalue weighted by molar-refractivity contribution is 5.83. The summed E-state index contributed by atoms with van der Waals surface area (Å²) in [7, 11) is 0. The first-order valence-corrected chi connectivity index (χ1v) is 10.3. The lowest BCUT2D eigenvalue weighted by Crippen LogP contribution is -2.27. The Bertz CT molecular complexity index is 1310. The number of hydrogen-bond donors (Lipinski definition) is 1.